The molecule has 1 aromatic carbocycles. The Hall–Kier alpha value is -2.65. The SMILES string of the molecule is CC(C)(C)c1oc(-c2ccc(Cl)cc2)nc1-c1n[nH]nc1C#N. The molecule has 0 amide bonds. The summed E-state index contributed by atoms with van der Waals surface area (Å²) in [5.41, 5.74) is 1.59. The number of halogens is 1. The van der Waals surface area contributed by atoms with Crippen molar-refractivity contribution in [2.45, 2.75) is 26.2 Å². The molecular weight excluding hydrogens is 314 g/mol. The van der Waals surface area contributed by atoms with Crippen molar-refractivity contribution in [3.63, 3.8) is 0 Å². The number of hydrogen-bond acceptors (Lipinski definition) is 5. The molecule has 1 N–H and O–H groups in total. The Kier molecular flexibility index (Phi) is 3.66. The smallest absolute Gasteiger partial charge is 0.226 e. The standard InChI is InChI=1S/C16H14ClN5O/c1-16(2,3)14-13(12-11(8-18)20-22-21-12)19-15(23-14)9-4-6-10(17)7-5-9/h4-7H,1-3H3,(H,20,21,22). The Balaban J connectivity index is 2.19. The van der Waals surface area contributed by atoms with Crippen LogP contribution in [0.2, 0.25) is 5.02 Å². The summed E-state index contributed by atoms with van der Waals surface area (Å²) in [4.78, 5) is 4.54. The third kappa shape index (κ3) is 2.83. The van der Waals surface area contributed by atoms with Gasteiger partial charge in [0.25, 0.3) is 0 Å². The number of rotatable bonds is 2. The number of benzene rings is 1. The maximum absolute atomic E-state index is 9.17. The minimum Gasteiger partial charge on any atom is -0.440 e. The van der Waals surface area contributed by atoms with Crippen LogP contribution in [-0.2, 0) is 5.41 Å². The van der Waals surface area contributed by atoms with Crippen molar-refractivity contribution in [3.8, 4) is 28.9 Å². The molecule has 116 valence electrons. The van der Waals surface area contributed by atoms with Crippen molar-refractivity contribution in [3.05, 3.63) is 40.7 Å². The first kappa shape index (κ1) is 15.3. The summed E-state index contributed by atoms with van der Waals surface area (Å²) in [5.74, 6) is 1.10. The Morgan fingerprint density at radius 1 is 1.13 bits per heavy atom. The molecule has 0 aliphatic carbocycles. The average Bonchev–Trinajstić information content (AvgIpc) is 3.13. The fourth-order valence-corrected chi connectivity index (χ4v) is 2.30. The monoisotopic (exact) mass is 327 g/mol. The maximum Gasteiger partial charge on any atom is 0.226 e. The maximum atomic E-state index is 9.17. The minimum absolute atomic E-state index is 0.187. The molecule has 2 heterocycles. The molecule has 0 spiro atoms. The molecule has 0 saturated heterocycles. The molecule has 0 aliphatic heterocycles. The normalized spacial score (nSPS) is 11.4. The van der Waals surface area contributed by atoms with E-state index in [9.17, 15) is 5.26 Å². The van der Waals surface area contributed by atoms with E-state index in [1.807, 2.05) is 39.0 Å². The molecule has 0 aliphatic rings. The lowest BCUT2D eigenvalue weighted by molar-refractivity contribution is 0.417. The molecule has 3 rings (SSSR count). The van der Waals surface area contributed by atoms with E-state index in [0.29, 0.717) is 28.1 Å². The topological polar surface area (TPSA) is 91.4 Å². The van der Waals surface area contributed by atoms with E-state index in [1.165, 1.54) is 0 Å². The van der Waals surface area contributed by atoms with E-state index in [4.69, 9.17) is 16.0 Å². The lowest BCUT2D eigenvalue weighted by Gasteiger charge is -2.15. The molecule has 0 unspecified atom stereocenters. The van der Waals surface area contributed by atoms with Crippen molar-refractivity contribution < 1.29 is 4.42 Å². The zero-order chi connectivity index (χ0) is 16.6. The van der Waals surface area contributed by atoms with Crippen LogP contribution in [0.5, 0.6) is 0 Å². The van der Waals surface area contributed by atoms with Crippen LogP contribution >= 0.6 is 11.6 Å². The van der Waals surface area contributed by atoms with Crippen molar-refractivity contribution in [2.24, 2.45) is 0 Å². The van der Waals surface area contributed by atoms with Gasteiger partial charge in [0.2, 0.25) is 5.89 Å². The summed E-state index contributed by atoms with van der Waals surface area (Å²) in [6.07, 6.45) is 0. The highest BCUT2D eigenvalue weighted by Crippen LogP contribution is 2.36. The first-order valence-corrected chi connectivity index (χ1v) is 7.36. The van der Waals surface area contributed by atoms with E-state index >= 15 is 0 Å². The first-order chi connectivity index (χ1) is 10.9. The predicted octanol–water partition coefficient (Wildman–Crippen LogP) is 3.95. The summed E-state index contributed by atoms with van der Waals surface area (Å²) >= 11 is 5.92. The van der Waals surface area contributed by atoms with Gasteiger partial charge in [-0.25, -0.2) is 4.98 Å². The van der Waals surface area contributed by atoms with Gasteiger partial charge in [-0.1, -0.05) is 32.4 Å². The lowest BCUT2D eigenvalue weighted by atomic mass is 9.91. The van der Waals surface area contributed by atoms with E-state index < -0.39 is 0 Å². The third-order valence-electron chi connectivity index (χ3n) is 3.28. The first-order valence-electron chi connectivity index (χ1n) is 6.98. The Bertz CT molecular complexity index is 881. The molecule has 0 saturated carbocycles. The van der Waals surface area contributed by atoms with E-state index in [-0.39, 0.29) is 11.1 Å². The van der Waals surface area contributed by atoms with Crippen LogP contribution in [-0.4, -0.2) is 20.4 Å². The third-order valence-corrected chi connectivity index (χ3v) is 3.53. The largest absolute Gasteiger partial charge is 0.440 e. The molecule has 6 nitrogen and oxygen atoms in total. The molecule has 0 fully saturated rings. The summed E-state index contributed by atoms with van der Waals surface area (Å²) in [6.45, 7) is 6.03. The van der Waals surface area contributed by atoms with Gasteiger partial charge in [-0.3, -0.25) is 0 Å². The van der Waals surface area contributed by atoms with E-state index in [0.717, 1.165) is 5.56 Å². The molecular formula is C16H14ClN5O. The van der Waals surface area contributed by atoms with Crippen molar-refractivity contribution >= 4 is 11.6 Å². The van der Waals surface area contributed by atoms with Crippen LogP contribution in [0.4, 0.5) is 0 Å². The van der Waals surface area contributed by atoms with Gasteiger partial charge in [-0.05, 0) is 24.3 Å². The number of nitrogens with one attached hydrogen (secondary N) is 1. The molecule has 7 heteroatoms. The second-order valence-electron chi connectivity index (χ2n) is 6.09. The number of oxazole rings is 1. The van der Waals surface area contributed by atoms with Crippen molar-refractivity contribution in [1.82, 2.24) is 20.4 Å². The van der Waals surface area contributed by atoms with Crippen LogP contribution in [0.1, 0.15) is 32.2 Å². The van der Waals surface area contributed by atoms with Crippen LogP contribution < -0.4 is 0 Å². The van der Waals surface area contributed by atoms with Crippen molar-refractivity contribution in [1.29, 1.82) is 5.26 Å². The van der Waals surface area contributed by atoms with Gasteiger partial charge in [0.15, 0.2) is 11.4 Å². The predicted molar refractivity (Wildman–Crippen MR) is 85.7 cm³/mol. The summed E-state index contributed by atoms with van der Waals surface area (Å²) < 4.78 is 5.98. The molecule has 0 atom stereocenters. The van der Waals surface area contributed by atoms with Gasteiger partial charge in [-0.15, -0.1) is 5.10 Å². The Labute approximate surface area is 138 Å². The highest BCUT2D eigenvalue weighted by Gasteiger charge is 2.29. The summed E-state index contributed by atoms with van der Waals surface area (Å²) in [6, 6.07) is 9.21. The Morgan fingerprint density at radius 3 is 2.43 bits per heavy atom. The molecule has 3 aromatic rings. The molecule has 2 aromatic heterocycles. The number of H-pyrrole nitrogens is 1. The summed E-state index contributed by atoms with van der Waals surface area (Å²) in [5, 5.41) is 20.2. The molecule has 0 bridgehead atoms. The van der Waals surface area contributed by atoms with Crippen LogP contribution in [0.25, 0.3) is 22.8 Å². The number of hydrogen-bond donors (Lipinski definition) is 1. The highest BCUT2D eigenvalue weighted by molar-refractivity contribution is 6.30. The molecule has 0 radical (unpaired) electrons. The molecule has 23 heavy (non-hydrogen) atoms. The zero-order valence-corrected chi connectivity index (χ0v) is 13.6. The number of nitrogens with zero attached hydrogens (tertiary/aromatic N) is 4. The van der Waals surface area contributed by atoms with Gasteiger partial charge in [0.05, 0.1) is 0 Å². The second-order valence-corrected chi connectivity index (χ2v) is 6.52. The Morgan fingerprint density at radius 2 is 1.83 bits per heavy atom. The van der Waals surface area contributed by atoms with Gasteiger partial charge >= 0.3 is 0 Å². The van der Waals surface area contributed by atoms with Crippen LogP contribution in [0.15, 0.2) is 28.7 Å². The van der Waals surface area contributed by atoms with Gasteiger partial charge in [0.1, 0.15) is 17.5 Å². The van der Waals surface area contributed by atoms with Crippen molar-refractivity contribution in [2.75, 3.05) is 0 Å². The fourth-order valence-electron chi connectivity index (χ4n) is 2.18. The number of nitriles is 1. The lowest BCUT2D eigenvalue weighted by Crippen LogP contribution is -2.11. The van der Waals surface area contributed by atoms with E-state index in [2.05, 4.69) is 20.4 Å². The van der Waals surface area contributed by atoms with Gasteiger partial charge < -0.3 is 4.42 Å². The van der Waals surface area contributed by atoms with Gasteiger partial charge in [0, 0.05) is 16.0 Å². The quantitative estimate of drug-likeness (QED) is 0.769. The van der Waals surface area contributed by atoms with Crippen LogP contribution in [0, 0.1) is 11.3 Å². The van der Waals surface area contributed by atoms with Gasteiger partial charge in [-0.2, -0.15) is 15.6 Å². The highest BCUT2D eigenvalue weighted by atomic mass is 35.5. The summed E-state index contributed by atoms with van der Waals surface area (Å²) in [7, 11) is 0. The second kappa shape index (κ2) is 5.52. The number of aromatic nitrogens is 4. The minimum atomic E-state index is -0.307. The van der Waals surface area contributed by atoms with E-state index in [1.54, 1.807) is 12.1 Å². The number of aromatic amines is 1. The zero-order valence-electron chi connectivity index (χ0n) is 12.9. The fraction of sp³-hybridized carbons (Fsp3) is 0.250. The van der Waals surface area contributed by atoms with Crippen LogP contribution in [0.3, 0.4) is 0 Å². The average molecular weight is 328 g/mol.